The Hall–Kier alpha value is -5.78. The van der Waals surface area contributed by atoms with Crippen LogP contribution in [0.3, 0.4) is 0 Å². The normalized spacial score (nSPS) is 12.3. The minimum atomic E-state index is 0. The van der Waals surface area contributed by atoms with Gasteiger partial charge in [-0.05, 0) is 111 Å². The van der Waals surface area contributed by atoms with Crippen molar-refractivity contribution in [3.05, 3.63) is 173 Å². The van der Waals surface area contributed by atoms with Crippen molar-refractivity contribution >= 4 is 63.7 Å². The van der Waals surface area contributed by atoms with E-state index in [1.165, 1.54) is 35.1 Å². The smallest absolute Gasteiger partial charge is 3.00 e. The second-order valence-corrected chi connectivity index (χ2v) is 15.3. The summed E-state index contributed by atoms with van der Waals surface area (Å²) in [7, 11) is 0. The summed E-state index contributed by atoms with van der Waals surface area (Å²) < 4.78 is 12.4. The van der Waals surface area contributed by atoms with Crippen LogP contribution in [0.5, 0.6) is 0 Å². The Balaban J connectivity index is 0.000000639. The first-order chi connectivity index (χ1) is 28.9. The van der Waals surface area contributed by atoms with E-state index < -0.39 is 0 Å². The van der Waals surface area contributed by atoms with Crippen molar-refractivity contribution in [1.82, 2.24) is 19.9 Å². The molecule has 7 aromatic rings. The molecular weight excluding hydrogens is 811 g/mol. The molecule has 61 heavy (non-hydrogen) atoms. The molecule has 6 heterocycles. The molecule has 1 saturated heterocycles. The standard InChI is InChI=1S/C48H38N4.C4H8O.CO.Al.Co/c1-29-5-13-33(14-6-29)45-37-21-23-39(49-37)46(34-15-7-30(2)8-16-34)41-25-27-43(51-41)48(36-19-11-32(4)12-20-36)44-28-26-42(52-44)47(40-24-22-38(45)50-40)35-17-9-31(3)10-18-35;1-2-4-5-3-1;1-2;;/h5-28,49,52H,1-4H3;1-4H2;;;/q;;;2*+3. The topological polar surface area (TPSA) is 86.5 Å². The van der Waals surface area contributed by atoms with Crippen molar-refractivity contribution < 1.29 is 26.2 Å². The summed E-state index contributed by atoms with van der Waals surface area (Å²) in [6.07, 6.45) is 11.2. The van der Waals surface area contributed by atoms with Gasteiger partial charge in [0.2, 0.25) is 0 Å². The van der Waals surface area contributed by atoms with E-state index in [0.29, 0.717) is 0 Å². The van der Waals surface area contributed by atoms with Crippen LogP contribution in [0, 0.1) is 34.3 Å². The van der Waals surface area contributed by atoms with Gasteiger partial charge in [-0.15, -0.1) is 0 Å². The van der Waals surface area contributed by atoms with Crippen molar-refractivity contribution in [2.45, 2.75) is 40.5 Å². The maximum atomic E-state index is 7.50. The Morgan fingerprint density at radius 1 is 0.410 bits per heavy atom. The Morgan fingerprint density at radius 3 is 0.836 bits per heavy atom. The van der Waals surface area contributed by atoms with Crippen LogP contribution in [-0.4, -0.2) is 50.5 Å². The Labute approximate surface area is 379 Å². The van der Waals surface area contributed by atoms with Crippen molar-refractivity contribution in [2.75, 3.05) is 13.2 Å². The molecule has 2 N–H and O–H groups in total. The molecule has 0 unspecified atom stereocenters. The van der Waals surface area contributed by atoms with Gasteiger partial charge in [-0.25, -0.2) is 9.97 Å². The summed E-state index contributed by atoms with van der Waals surface area (Å²) in [4.78, 5) is 18.5. The van der Waals surface area contributed by atoms with E-state index >= 15 is 0 Å². The van der Waals surface area contributed by atoms with Gasteiger partial charge in [-0.2, -0.15) is 0 Å². The van der Waals surface area contributed by atoms with E-state index in [0.717, 1.165) is 103 Å². The molecule has 1 fully saturated rings. The summed E-state index contributed by atoms with van der Waals surface area (Å²) in [6.45, 7) is 15.0. The maximum absolute atomic E-state index is 7.50. The van der Waals surface area contributed by atoms with Gasteiger partial charge < -0.3 is 14.7 Å². The predicted octanol–water partition coefficient (Wildman–Crippen LogP) is 12.9. The zero-order valence-electron chi connectivity index (χ0n) is 34.8. The third kappa shape index (κ3) is 9.74. The fraction of sp³-hybridized carbons (Fsp3) is 0.151. The van der Waals surface area contributed by atoms with Crippen molar-refractivity contribution in [1.29, 1.82) is 0 Å². The number of nitrogens with one attached hydrogen (secondary N) is 2. The number of fused-ring (bicyclic) bond motifs is 8. The molecule has 0 saturated carbocycles. The van der Waals surface area contributed by atoms with Crippen LogP contribution in [0.15, 0.2) is 121 Å². The van der Waals surface area contributed by atoms with Crippen molar-refractivity contribution in [3.63, 3.8) is 0 Å². The van der Waals surface area contributed by atoms with Crippen molar-refractivity contribution in [3.8, 4) is 44.5 Å². The van der Waals surface area contributed by atoms with Gasteiger partial charge in [0.15, 0.2) is 0 Å². The number of hydrogen-bond acceptors (Lipinski definition) is 3. The number of rotatable bonds is 4. The minimum absolute atomic E-state index is 0. The van der Waals surface area contributed by atoms with Crippen LogP contribution in [0.4, 0.5) is 0 Å². The molecule has 0 amide bonds. The average Bonchev–Trinajstić information content (AvgIpc) is 4.12. The summed E-state index contributed by atoms with van der Waals surface area (Å²) >= 11 is 0. The number of H-pyrrole nitrogens is 2. The van der Waals surface area contributed by atoms with E-state index in [1.807, 2.05) is 0 Å². The Bertz CT molecular complexity index is 2500. The molecule has 0 spiro atoms. The SMILES string of the molecule is C1CCOC1.Cc1ccc(-c2c3nc(c(-c4ccc(C)cc4)c4ccc([nH]4)c(-c4ccc(C)cc4)c4nc(c(-c5ccc(C)cc5)c5ccc2[nH]5)C=C4)C=C3)cc1.[Al+3].[C-]#[O+].[Co+3]. The van der Waals surface area contributed by atoms with Gasteiger partial charge in [0.25, 0.3) is 0 Å². The zero-order valence-corrected chi connectivity index (χ0v) is 37.0. The first-order valence-electron chi connectivity index (χ1n) is 20.1. The first kappa shape index (κ1) is 44.8. The van der Waals surface area contributed by atoms with Gasteiger partial charge in [-0.3, -0.25) is 0 Å². The van der Waals surface area contributed by atoms with Crippen molar-refractivity contribution in [2.24, 2.45) is 0 Å². The van der Waals surface area contributed by atoms with Crippen LogP contribution < -0.4 is 0 Å². The summed E-state index contributed by atoms with van der Waals surface area (Å²) in [5, 5.41) is 0. The number of aromatic nitrogens is 4. The second kappa shape index (κ2) is 20.2. The third-order valence-electron chi connectivity index (χ3n) is 10.9. The number of hydrogen-bond donors (Lipinski definition) is 2. The predicted molar refractivity (Wildman–Crippen MR) is 249 cm³/mol. The van der Waals surface area contributed by atoms with E-state index in [-0.39, 0.29) is 34.1 Å². The van der Waals surface area contributed by atoms with E-state index in [1.54, 1.807) is 0 Å². The number of ether oxygens (including phenoxy) is 1. The minimum Gasteiger partial charge on any atom is 3.00 e. The van der Waals surface area contributed by atoms with Crippen LogP contribution in [0.2, 0.25) is 0 Å². The van der Waals surface area contributed by atoms with Gasteiger partial charge in [0.05, 0.1) is 22.8 Å². The molecule has 3 aromatic heterocycles. The molecule has 0 atom stereocenters. The maximum Gasteiger partial charge on any atom is 3.00 e. The van der Waals surface area contributed by atoms with Crippen LogP contribution >= 0.6 is 0 Å². The fourth-order valence-electron chi connectivity index (χ4n) is 7.81. The monoisotopic (exact) mass is 856 g/mol. The molecule has 4 aromatic carbocycles. The molecule has 8 bridgehead atoms. The van der Waals surface area contributed by atoms with Gasteiger partial charge in [0.1, 0.15) is 0 Å². The van der Waals surface area contributed by atoms with E-state index in [9.17, 15) is 0 Å². The number of nitrogens with zero attached hydrogens (tertiary/aromatic N) is 2. The van der Waals surface area contributed by atoms with E-state index in [2.05, 4.69) is 190 Å². The number of aryl methyl sites for hydroxylation is 4. The van der Waals surface area contributed by atoms with Crippen LogP contribution in [0.1, 0.15) is 57.9 Å². The van der Waals surface area contributed by atoms with Crippen LogP contribution in [0.25, 0.3) is 90.9 Å². The molecule has 3 aliphatic heterocycles. The molecule has 3 aliphatic rings. The zero-order chi connectivity index (χ0) is 40.9. The second-order valence-electron chi connectivity index (χ2n) is 15.3. The number of benzene rings is 4. The quantitative estimate of drug-likeness (QED) is 0.105. The van der Waals surface area contributed by atoms with Crippen LogP contribution in [-0.2, 0) is 26.2 Å². The Morgan fingerprint density at radius 2 is 0.639 bits per heavy atom. The average molecular weight is 857 g/mol. The summed E-state index contributed by atoms with van der Waals surface area (Å²) in [6, 6.07) is 43.6. The van der Waals surface area contributed by atoms with Gasteiger partial charge in [-0.1, -0.05) is 119 Å². The number of aromatic amines is 2. The molecular formula is C53H46AlCoN4O2+6. The molecule has 10 rings (SSSR count). The molecule has 296 valence electrons. The molecule has 8 heteroatoms. The van der Waals surface area contributed by atoms with Gasteiger partial charge >= 0.3 is 45.4 Å². The summed E-state index contributed by atoms with van der Waals surface area (Å²) in [5.41, 5.74) is 21.1. The Kier molecular flexibility index (Phi) is 14.8. The van der Waals surface area contributed by atoms with E-state index in [4.69, 9.17) is 19.4 Å². The molecule has 6 nitrogen and oxygen atoms in total. The molecule has 0 radical (unpaired) electrons. The third-order valence-corrected chi connectivity index (χ3v) is 10.9. The summed E-state index contributed by atoms with van der Waals surface area (Å²) in [5.74, 6) is 0. The molecule has 0 aliphatic carbocycles. The largest absolute Gasteiger partial charge is 3.00 e. The fourth-order valence-corrected chi connectivity index (χ4v) is 7.81. The first-order valence-corrected chi connectivity index (χ1v) is 20.1. The van der Waals surface area contributed by atoms with Gasteiger partial charge in [0, 0.05) is 57.5 Å².